The lowest BCUT2D eigenvalue weighted by Crippen LogP contribution is -2.26. The van der Waals surface area contributed by atoms with E-state index in [0.717, 1.165) is 186 Å². The Morgan fingerprint density at radius 3 is 0.817 bits per heavy atom. The number of unbranched alkanes of at least 4 members (excludes halogenated alkanes) is 2. The summed E-state index contributed by atoms with van der Waals surface area (Å²) in [6.07, 6.45) is 26.8. The maximum atomic E-state index is 9.96. The number of ether oxygens (including phenoxy) is 9. The Kier molecular flexibility index (Phi) is 44.2. The molecule has 0 fully saturated rings. The van der Waals surface area contributed by atoms with Crippen molar-refractivity contribution in [2.24, 2.45) is 0 Å². The summed E-state index contributed by atoms with van der Waals surface area (Å²) in [6, 6.07) is 69.0. The van der Waals surface area contributed by atoms with Crippen molar-refractivity contribution in [3.05, 3.63) is 268 Å². The predicted octanol–water partition coefficient (Wildman–Crippen LogP) is 19.3. The van der Waals surface area contributed by atoms with Gasteiger partial charge in [0.2, 0.25) is 0 Å². The van der Waals surface area contributed by atoms with E-state index in [1.165, 1.54) is 0 Å². The quantitative estimate of drug-likeness (QED) is 0.00920. The van der Waals surface area contributed by atoms with Crippen LogP contribution < -0.4 is 75.7 Å². The zero-order chi connectivity index (χ0) is 87.1. The molecule has 15 nitrogen and oxygen atoms in total. The topological polar surface area (TPSA) is 210 Å². The van der Waals surface area contributed by atoms with Gasteiger partial charge in [-0.05, 0) is 272 Å². The Balaban J connectivity index is 0.000000233. The molecule has 0 spiro atoms. The highest BCUT2D eigenvalue weighted by Gasteiger charge is 2.15. The van der Waals surface area contributed by atoms with Gasteiger partial charge in [0.25, 0.3) is 0 Å². The molecular formula is C100H126B5NO14. The van der Waals surface area contributed by atoms with Crippen molar-refractivity contribution < 1.29 is 67.8 Å². The van der Waals surface area contributed by atoms with Gasteiger partial charge >= 0.3 is 34.6 Å². The minimum Gasteiger partial charge on any atom is -0.497 e. The van der Waals surface area contributed by atoms with E-state index in [4.69, 9.17) is 48.4 Å². The van der Waals surface area contributed by atoms with Crippen LogP contribution in [0.3, 0.4) is 0 Å². The first-order valence-electron chi connectivity index (χ1n) is 42.2. The van der Waals surface area contributed by atoms with Gasteiger partial charge in [-0.2, -0.15) is 0 Å². The second-order valence-electron chi connectivity index (χ2n) is 29.7. The fourth-order valence-electron chi connectivity index (χ4n) is 11.6. The molecule has 0 amide bonds. The molecule has 0 saturated carbocycles. The van der Waals surface area contributed by atoms with Gasteiger partial charge in [-0.1, -0.05) is 226 Å². The van der Waals surface area contributed by atoms with Gasteiger partial charge in [0.1, 0.15) is 51.7 Å². The first-order valence-corrected chi connectivity index (χ1v) is 42.2. The molecule has 0 aliphatic carbocycles. The van der Waals surface area contributed by atoms with E-state index in [-0.39, 0.29) is 12.2 Å². The number of methoxy groups -OCH3 is 1. The van der Waals surface area contributed by atoms with Crippen LogP contribution in [0.15, 0.2) is 212 Å². The van der Waals surface area contributed by atoms with Crippen LogP contribution in [0.4, 0.5) is 5.69 Å². The molecule has 0 aromatic heterocycles. The smallest absolute Gasteiger partial charge is 0.320 e. The van der Waals surface area contributed by atoms with Crippen molar-refractivity contribution >= 4 is 128 Å². The van der Waals surface area contributed by atoms with E-state index in [1.54, 1.807) is 47.3 Å². The highest BCUT2D eigenvalue weighted by Crippen LogP contribution is 2.25. The molecule has 0 unspecified atom stereocenters. The predicted molar refractivity (Wildman–Crippen MR) is 514 cm³/mol. The van der Waals surface area contributed by atoms with Crippen LogP contribution in [0, 0.1) is 0 Å². The molecule has 630 valence electrons. The number of nitrogens with two attached hydrogens (primary N) is 1. The van der Waals surface area contributed by atoms with E-state index >= 15 is 0 Å². The first-order chi connectivity index (χ1) is 57.8. The Labute approximate surface area is 718 Å². The van der Waals surface area contributed by atoms with Gasteiger partial charge in [-0.25, -0.2) is 0 Å². The SMILES string of the molecule is CB(O)c1cc(/C=C/c2ccc(OC(C)C)cc2)cc(OC(C)C)c1.CCCCOc1ccc(/C=C/c2cc(OCCCC)cc(B(C)O)c2)cc1.CCCOc1ccc(/C=C/c2cc(OCCC)cc(B(C)O)c2)cc1.CCOc1ccc(/C=C/c2cc(OCC)cc(B(C)O)c2)cc1.COc1ccc(/C=C/c2cc(N)cc(B(C)O)c2)cc1. The van der Waals surface area contributed by atoms with Crippen molar-refractivity contribution in [1.82, 2.24) is 0 Å². The minimum absolute atomic E-state index is 0.0922. The van der Waals surface area contributed by atoms with Crippen LogP contribution in [0.25, 0.3) is 60.8 Å². The Hall–Kier alpha value is -11.0. The van der Waals surface area contributed by atoms with Gasteiger partial charge in [0, 0.05) is 5.69 Å². The molecule has 0 heterocycles. The standard InChI is InChI=1S/C23H31BO3.2C21H27BO3.C19H23BO3.C16H18BNO2/c1-4-6-14-26-22-12-10-19(11-13-22)8-9-20-16-21(24(3)25)18-23(17-20)27-15-7-5-2;1-15(2)24-20-10-8-17(9-11-20)6-7-18-12-19(22(5)23)14-21(13-18)25-16(3)4;1-4-12-24-20-10-8-17(9-11-20)6-7-18-14-19(22(3)23)16-21(15-18)25-13-5-2;1-4-22-18-10-8-15(9-11-18)6-7-16-12-17(20(3)21)14-19(13-16)23-5-2;1-17(19)14-9-13(10-15(18)11-14)4-3-12-5-7-16(20-2)8-6-12/h8-13,16-18,25H,4-7,14-15H2,1-3H3;6-16,23H,1-5H3;6-11,14-16,23H,4-5,12-13H2,1-3H3;6-14,21H,4-5H2,1-3H3;3-11,19H,18H2,1-2H3/b9-8+;3*7-6+;4-3+. The van der Waals surface area contributed by atoms with Crippen molar-refractivity contribution in [3.63, 3.8) is 0 Å². The highest BCUT2D eigenvalue weighted by molar-refractivity contribution is 6.66. The molecule has 0 bridgehead atoms. The second kappa shape index (κ2) is 54.2. The third-order valence-electron chi connectivity index (χ3n) is 18.0. The van der Waals surface area contributed by atoms with E-state index in [9.17, 15) is 25.1 Å². The summed E-state index contributed by atoms with van der Waals surface area (Å²) in [5.74, 6) is 7.53. The summed E-state index contributed by atoms with van der Waals surface area (Å²) in [6.45, 7) is 30.7. The largest absolute Gasteiger partial charge is 0.497 e. The molecule has 0 atom stereocenters. The summed E-state index contributed by atoms with van der Waals surface area (Å²) >= 11 is 0. The van der Waals surface area contributed by atoms with Crippen LogP contribution >= 0.6 is 0 Å². The zero-order valence-electron chi connectivity index (χ0n) is 73.5. The van der Waals surface area contributed by atoms with Crippen molar-refractivity contribution in [1.29, 1.82) is 0 Å². The van der Waals surface area contributed by atoms with Gasteiger partial charge < -0.3 is 73.5 Å². The molecule has 0 radical (unpaired) electrons. The van der Waals surface area contributed by atoms with Crippen LogP contribution in [-0.4, -0.2) is 119 Å². The average Bonchev–Trinajstić information content (AvgIpc) is 0.874. The first kappa shape index (κ1) is 97.9. The zero-order valence-corrected chi connectivity index (χ0v) is 73.5. The van der Waals surface area contributed by atoms with Gasteiger partial charge in [-0.15, -0.1) is 0 Å². The van der Waals surface area contributed by atoms with Crippen LogP contribution in [0.1, 0.15) is 163 Å². The maximum Gasteiger partial charge on any atom is 0.320 e. The average molecular weight is 1620 g/mol. The number of rotatable bonds is 38. The molecule has 0 aliphatic rings. The highest BCUT2D eigenvalue weighted by atomic mass is 16.5. The summed E-state index contributed by atoms with van der Waals surface area (Å²) in [5.41, 5.74) is 21.2. The lowest BCUT2D eigenvalue weighted by atomic mass is 9.64. The van der Waals surface area contributed by atoms with Gasteiger partial charge in [-0.3, -0.25) is 0 Å². The number of hydrogen-bond donors (Lipinski definition) is 6. The molecule has 10 aromatic rings. The molecule has 120 heavy (non-hydrogen) atoms. The normalized spacial score (nSPS) is 11.0. The molecular weight excluding hydrogens is 1490 g/mol. The third-order valence-corrected chi connectivity index (χ3v) is 18.0. The second-order valence-corrected chi connectivity index (χ2v) is 29.7. The van der Waals surface area contributed by atoms with E-state index in [0.29, 0.717) is 32.1 Å². The number of nitrogen functional groups attached to an aromatic ring is 1. The van der Waals surface area contributed by atoms with E-state index in [1.807, 2.05) is 290 Å². The van der Waals surface area contributed by atoms with Crippen LogP contribution in [0.5, 0.6) is 51.7 Å². The summed E-state index contributed by atoms with van der Waals surface area (Å²) in [7, 11) is 1.65. The lowest BCUT2D eigenvalue weighted by Gasteiger charge is -2.13. The summed E-state index contributed by atoms with van der Waals surface area (Å²) in [5, 5.41) is 49.2. The Morgan fingerprint density at radius 1 is 0.267 bits per heavy atom. The number of hydrogen-bond acceptors (Lipinski definition) is 15. The van der Waals surface area contributed by atoms with Gasteiger partial charge in [0.05, 0.1) is 59.0 Å². The molecule has 0 saturated heterocycles. The summed E-state index contributed by atoms with van der Waals surface area (Å²) < 4.78 is 50.4. The number of benzene rings is 10. The fourth-order valence-corrected chi connectivity index (χ4v) is 11.6. The molecule has 10 aromatic carbocycles. The molecule has 20 heteroatoms. The summed E-state index contributed by atoms with van der Waals surface area (Å²) in [4.78, 5) is 0. The lowest BCUT2D eigenvalue weighted by molar-refractivity contribution is 0.242. The Morgan fingerprint density at radius 2 is 0.508 bits per heavy atom. The van der Waals surface area contributed by atoms with Crippen molar-refractivity contribution in [3.8, 4) is 51.7 Å². The maximum absolute atomic E-state index is 9.96. The van der Waals surface area contributed by atoms with Crippen molar-refractivity contribution in [2.45, 2.75) is 154 Å². The molecule has 0 aliphatic heterocycles. The third kappa shape index (κ3) is 38.0. The van der Waals surface area contributed by atoms with Gasteiger partial charge in [0.15, 0.2) is 0 Å². The minimum atomic E-state index is -0.532. The van der Waals surface area contributed by atoms with Crippen LogP contribution in [-0.2, 0) is 0 Å². The van der Waals surface area contributed by atoms with E-state index < -0.39 is 34.6 Å². The molecule has 10 rings (SSSR count). The molecule has 7 N–H and O–H groups in total. The fraction of sp³-hybridized carbons (Fsp3) is 0.300. The van der Waals surface area contributed by atoms with Crippen LogP contribution in [0.2, 0.25) is 34.1 Å². The number of anilines is 1. The Bertz CT molecular complexity index is 4740. The monoisotopic (exact) mass is 1620 g/mol. The van der Waals surface area contributed by atoms with E-state index in [2.05, 4.69) is 45.9 Å². The van der Waals surface area contributed by atoms with Crippen molar-refractivity contribution in [2.75, 3.05) is 52.5 Å².